The number of rotatable bonds is 11. The van der Waals surface area contributed by atoms with Gasteiger partial charge in [0.1, 0.15) is 6.61 Å². The Hall–Kier alpha value is -2.54. The summed E-state index contributed by atoms with van der Waals surface area (Å²) in [5.41, 5.74) is 0.219. The molecule has 0 unspecified atom stereocenters. The van der Waals surface area contributed by atoms with Gasteiger partial charge in [-0.1, -0.05) is 42.5 Å². The maximum atomic E-state index is 13.4. The van der Waals surface area contributed by atoms with E-state index in [0.29, 0.717) is 5.56 Å². The largest absolute Gasteiger partial charge is 0.461 e. The number of non-ortho nitro benzene ring substituents is 1. The zero-order valence-corrected chi connectivity index (χ0v) is 17.2. The molecule has 29 heavy (non-hydrogen) atoms. The van der Waals surface area contributed by atoms with Gasteiger partial charge in [0.15, 0.2) is 0 Å². The van der Waals surface area contributed by atoms with E-state index in [2.05, 4.69) is 0 Å². The van der Waals surface area contributed by atoms with Crippen molar-refractivity contribution < 1.29 is 28.1 Å². The van der Waals surface area contributed by atoms with Gasteiger partial charge in [0.2, 0.25) is 0 Å². The van der Waals surface area contributed by atoms with E-state index in [1.165, 1.54) is 24.3 Å². The Kier molecular flexibility index (Phi) is 8.51. The molecule has 0 heterocycles. The van der Waals surface area contributed by atoms with E-state index in [9.17, 15) is 19.5 Å². The molecule has 0 N–H and O–H groups in total. The van der Waals surface area contributed by atoms with E-state index in [-0.39, 0.29) is 31.9 Å². The minimum atomic E-state index is -3.71. The Morgan fingerprint density at radius 3 is 2.14 bits per heavy atom. The Labute approximate surface area is 169 Å². The highest BCUT2D eigenvalue weighted by molar-refractivity contribution is 7.54. The van der Waals surface area contributed by atoms with Gasteiger partial charge in [0.05, 0.1) is 30.2 Å². The van der Waals surface area contributed by atoms with Gasteiger partial charge in [0.25, 0.3) is 5.69 Å². The number of esters is 1. The van der Waals surface area contributed by atoms with Crippen LogP contribution in [0, 0.1) is 10.1 Å². The van der Waals surface area contributed by atoms with E-state index in [4.69, 9.17) is 13.8 Å². The van der Waals surface area contributed by atoms with Crippen molar-refractivity contribution in [2.24, 2.45) is 0 Å². The van der Waals surface area contributed by atoms with Crippen molar-refractivity contribution in [3.63, 3.8) is 0 Å². The maximum Gasteiger partial charge on any atom is 0.338 e. The van der Waals surface area contributed by atoms with Crippen LogP contribution < -0.4 is 0 Å². The molecule has 0 saturated heterocycles. The topological polar surface area (TPSA) is 105 Å². The molecular weight excluding hydrogens is 397 g/mol. The lowest BCUT2D eigenvalue weighted by atomic mass is 10.1. The number of benzene rings is 2. The molecule has 0 aromatic heterocycles. The number of carbonyl (C=O) groups is 1. The van der Waals surface area contributed by atoms with Crippen molar-refractivity contribution in [3.8, 4) is 0 Å². The van der Waals surface area contributed by atoms with Crippen molar-refractivity contribution in [1.29, 1.82) is 0 Å². The van der Waals surface area contributed by atoms with Crippen LogP contribution in [-0.2, 0) is 29.8 Å². The summed E-state index contributed by atoms with van der Waals surface area (Å²) < 4.78 is 29.5. The van der Waals surface area contributed by atoms with Crippen molar-refractivity contribution in [2.75, 3.05) is 13.2 Å². The lowest BCUT2D eigenvalue weighted by Gasteiger charge is -2.26. The first-order valence-electron chi connectivity index (χ1n) is 9.22. The van der Waals surface area contributed by atoms with Crippen LogP contribution in [0.5, 0.6) is 0 Å². The Bertz CT molecular complexity index is 845. The molecule has 0 aliphatic carbocycles. The monoisotopic (exact) mass is 421 g/mol. The van der Waals surface area contributed by atoms with Crippen molar-refractivity contribution >= 4 is 19.3 Å². The smallest absolute Gasteiger partial charge is 0.338 e. The molecular formula is C20H24NO7P. The van der Waals surface area contributed by atoms with Crippen molar-refractivity contribution in [3.05, 3.63) is 75.8 Å². The molecule has 0 aliphatic rings. The lowest BCUT2D eigenvalue weighted by molar-refractivity contribution is -0.384. The molecule has 156 valence electrons. The maximum absolute atomic E-state index is 13.4. The molecule has 9 heteroatoms. The van der Waals surface area contributed by atoms with Gasteiger partial charge in [0, 0.05) is 12.1 Å². The fourth-order valence-electron chi connectivity index (χ4n) is 2.76. The summed E-state index contributed by atoms with van der Waals surface area (Å²) in [7, 11) is -3.71. The second-order valence-electron chi connectivity index (χ2n) is 6.09. The highest BCUT2D eigenvalue weighted by Crippen LogP contribution is 2.62. The van der Waals surface area contributed by atoms with Crippen LogP contribution in [-0.4, -0.2) is 24.1 Å². The number of ether oxygens (including phenoxy) is 1. The Morgan fingerprint density at radius 1 is 1.03 bits per heavy atom. The summed E-state index contributed by atoms with van der Waals surface area (Å²) in [6.45, 7) is 3.68. The van der Waals surface area contributed by atoms with E-state index < -0.39 is 24.1 Å². The molecule has 0 spiro atoms. The SMILES string of the molecule is CCOP(=O)(OCC)[C@@H](CC(=O)OCc1ccccc1)c1ccc([N+](=O)[O-])cc1. The normalized spacial score (nSPS) is 12.3. The van der Waals surface area contributed by atoms with Gasteiger partial charge in [-0.25, -0.2) is 0 Å². The second-order valence-corrected chi connectivity index (χ2v) is 8.31. The molecule has 2 aromatic rings. The molecule has 0 aliphatic heterocycles. The molecule has 0 radical (unpaired) electrons. The van der Waals surface area contributed by atoms with Gasteiger partial charge in [-0.05, 0) is 25.0 Å². The summed E-state index contributed by atoms with van der Waals surface area (Å²) in [6, 6.07) is 14.7. The van der Waals surface area contributed by atoms with Gasteiger partial charge < -0.3 is 13.8 Å². The summed E-state index contributed by atoms with van der Waals surface area (Å²) in [4.78, 5) is 22.8. The first-order valence-corrected chi connectivity index (χ1v) is 10.8. The second kappa shape index (κ2) is 10.9. The van der Waals surface area contributed by atoms with Gasteiger partial charge in [-0.15, -0.1) is 0 Å². The van der Waals surface area contributed by atoms with Gasteiger partial charge in [-0.3, -0.25) is 19.5 Å². The third-order valence-corrected chi connectivity index (χ3v) is 6.57. The lowest BCUT2D eigenvalue weighted by Crippen LogP contribution is -2.14. The fourth-order valence-corrected chi connectivity index (χ4v) is 4.83. The predicted molar refractivity (Wildman–Crippen MR) is 108 cm³/mol. The van der Waals surface area contributed by atoms with Crippen LogP contribution in [0.3, 0.4) is 0 Å². The minimum Gasteiger partial charge on any atom is -0.461 e. The quantitative estimate of drug-likeness (QED) is 0.217. The first-order chi connectivity index (χ1) is 13.9. The van der Waals surface area contributed by atoms with E-state index in [1.54, 1.807) is 13.8 Å². The van der Waals surface area contributed by atoms with E-state index >= 15 is 0 Å². The summed E-state index contributed by atoms with van der Waals surface area (Å²) >= 11 is 0. The number of nitrogens with zero attached hydrogens (tertiary/aromatic N) is 1. The standard InChI is InChI=1S/C20H24NO7P/c1-3-27-29(25,28-4-2)19(17-10-12-18(13-11-17)21(23)24)14-20(22)26-15-16-8-6-5-7-9-16/h5-13,19H,3-4,14-15H2,1-2H3/t19-/m0/s1. The highest BCUT2D eigenvalue weighted by atomic mass is 31.2. The van der Waals surface area contributed by atoms with Crippen LogP contribution in [0.2, 0.25) is 0 Å². The summed E-state index contributed by atoms with van der Waals surface area (Å²) in [5.74, 6) is -0.572. The average Bonchev–Trinajstić information content (AvgIpc) is 2.71. The molecule has 0 saturated carbocycles. The number of carbonyl (C=O) groups excluding carboxylic acids is 1. The van der Waals surface area contributed by atoms with E-state index in [1.807, 2.05) is 30.3 Å². The third-order valence-electron chi connectivity index (χ3n) is 4.09. The number of nitro groups is 1. The van der Waals surface area contributed by atoms with Crippen LogP contribution in [0.1, 0.15) is 37.1 Å². The van der Waals surface area contributed by atoms with Crippen molar-refractivity contribution in [2.45, 2.75) is 32.5 Å². The Morgan fingerprint density at radius 2 is 1.62 bits per heavy atom. The zero-order valence-electron chi connectivity index (χ0n) is 16.4. The Balaban J connectivity index is 2.24. The molecule has 0 fully saturated rings. The third kappa shape index (κ3) is 6.49. The van der Waals surface area contributed by atoms with Crippen LogP contribution in [0.4, 0.5) is 5.69 Å². The summed E-state index contributed by atoms with van der Waals surface area (Å²) in [6.07, 6.45) is -0.248. The molecule has 1 atom stereocenters. The van der Waals surface area contributed by atoms with Gasteiger partial charge in [-0.2, -0.15) is 0 Å². The molecule has 0 amide bonds. The number of nitro benzene ring substituents is 1. The van der Waals surface area contributed by atoms with Crippen LogP contribution in [0.25, 0.3) is 0 Å². The molecule has 2 aromatic carbocycles. The molecule has 0 bridgehead atoms. The number of hydrogen-bond acceptors (Lipinski definition) is 7. The number of hydrogen-bond donors (Lipinski definition) is 0. The highest BCUT2D eigenvalue weighted by Gasteiger charge is 2.39. The molecule has 2 rings (SSSR count). The van der Waals surface area contributed by atoms with Crippen LogP contribution in [0.15, 0.2) is 54.6 Å². The van der Waals surface area contributed by atoms with Gasteiger partial charge >= 0.3 is 13.6 Å². The van der Waals surface area contributed by atoms with Crippen LogP contribution >= 0.6 is 7.60 Å². The molecule has 8 nitrogen and oxygen atoms in total. The predicted octanol–water partition coefficient (Wildman–Crippen LogP) is 5.04. The fraction of sp³-hybridized carbons (Fsp3) is 0.350. The van der Waals surface area contributed by atoms with E-state index in [0.717, 1.165) is 5.56 Å². The first kappa shape index (κ1) is 22.7. The van der Waals surface area contributed by atoms with Crippen molar-refractivity contribution in [1.82, 2.24) is 0 Å². The summed E-state index contributed by atoms with van der Waals surface area (Å²) in [5, 5.41) is 10.9. The zero-order chi connectivity index (χ0) is 21.3. The minimum absolute atomic E-state index is 0.0836. The average molecular weight is 421 g/mol.